The summed E-state index contributed by atoms with van der Waals surface area (Å²) in [5.74, 6) is 0.980. The van der Waals surface area contributed by atoms with Crippen LogP contribution >= 0.6 is 11.8 Å². The summed E-state index contributed by atoms with van der Waals surface area (Å²) < 4.78 is 19.2. The molecule has 1 saturated heterocycles. The predicted molar refractivity (Wildman–Crippen MR) is 114 cm³/mol. The number of hydrogen-bond donors (Lipinski definition) is 2. The minimum Gasteiger partial charge on any atom is -0.497 e. The fourth-order valence-corrected chi connectivity index (χ4v) is 4.30. The van der Waals surface area contributed by atoms with Gasteiger partial charge >= 0.3 is 5.97 Å². The van der Waals surface area contributed by atoms with E-state index in [1.807, 2.05) is 11.8 Å². The van der Waals surface area contributed by atoms with Gasteiger partial charge in [-0.15, -0.1) is 0 Å². The highest BCUT2D eigenvalue weighted by Gasteiger charge is 2.20. The fraction of sp³-hybridized carbons (Fsp3) is 0.238. The summed E-state index contributed by atoms with van der Waals surface area (Å²) >= 11 is 1.89. The molecular weight excluding hydrogens is 393 g/mol. The zero-order valence-electron chi connectivity index (χ0n) is 15.8. The maximum Gasteiger partial charge on any atom is 0.337 e. The number of hydrogen-bond acceptors (Lipinski definition) is 6. The van der Waals surface area contributed by atoms with Crippen LogP contribution in [0.25, 0.3) is 10.9 Å². The van der Waals surface area contributed by atoms with Gasteiger partial charge in [0, 0.05) is 30.0 Å². The second-order valence-electron chi connectivity index (χ2n) is 6.62. The van der Waals surface area contributed by atoms with Crippen LogP contribution in [0.3, 0.4) is 0 Å². The highest BCUT2D eigenvalue weighted by atomic mass is 32.2. The third kappa shape index (κ3) is 3.93. The molecule has 4 rings (SSSR count). The van der Waals surface area contributed by atoms with Crippen LogP contribution in [-0.4, -0.2) is 47.8 Å². The standard InChI is InChI=1S/C21H20FN3O3S/c1-28-14-3-5-18(16(11-14)21(26)27)24-20-15-10-13(22)2-4-17(15)23-12-19(20)25-6-8-29-9-7-25/h2-5,10-12H,6-9H2,1H3,(H,23,24)(H,26,27). The first kappa shape index (κ1) is 19.3. The van der Waals surface area contributed by atoms with Crippen molar-refractivity contribution in [3.05, 3.63) is 54.0 Å². The number of ether oxygens (including phenoxy) is 1. The summed E-state index contributed by atoms with van der Waals surface area (Å²) in [7, 11) is 1.49. The van der Waals surface area contributed by atoms with Crippen LogP contribution in [0, 0.1) is 5.82 Å². The number of anilines is 3. The summed E-state index contributed by atoms with van der Waals surface area (Å²) in [5.41, 5.74) is 2.59. The Morgan fingerprint density at radius 2 is 2.03 bits per heavy atom. The van der Waals surface area contributed by atoms with E-state index in [0.29, 0.717) is 28.0 Å². The number of carboxylic acid groups (broad SMARTS) is 1. The van der Waals surface area contributed by atoms with Crippen LogP contribution in [0.4, 0.5) is 21.5 Å². The maximum atomic E-state index is 14.1. The summed E-state index contributed by atoms with van der Waals surface area (Å²) in [6, 6.07) is 9.23. The van der Waals surface area contributed by atoms with Crippen molar-refractivity contribution in [3.63, 3.8) is 0 Å². The highest BCUT2D eigenvalue weighted by molar-refractivity contribution is 7.99. The number of carbonyl (C=O) groups is 1. The number of nitrogens with one attached hydrogen (secondary N) is 1. The third-order valence-electron chi connectivity index (χ3n) is 4.88. The maximum absolute atomic E-state index is 14.1. The van der Waals surface area contributed by atoms with Crippen molar-refractivity contribution in [2.45, 2.75) is 0 Å². The number of fused-ring (bicyclic) bond motifs is 1. The normalized spacial score (nSPS) is 14.1. The Hall–Kier alpha value is -3.00. The lowest BCUT2D eigenvalue weighted by Gasteiger charge is -2.31. The van der Waals surface area contributed by atoms with Crippen LogP contribution in [-0.2, 0) is 0 Å². The Balaban J connectivity index is 1.87. The molecule has 2 N–H and O–H groups in total. The Labute approximate surface area is 171 Å². The number of methoxy groups -OCH3 is 1. The number of rotatable bonds is 5. The average molecular weight is 413 g/mol. The number of pyridine rings is 1. The van der Waals surface area contributed by atoms with Gasteiger partial charge in [-0.25, -0.2) is 9.18 Å². The quantitative estimate of drug-likeness (QED) is 0.643. The van der Waals surface area contributed by atoms with E-state index in [0.717, 1.165) is 30.3 Å². The number of halogens is 1. The molecule has 1 aliphatic rings. The zero-order chi connectivity index (χ0) is 20.4. The van der Waals surface area contributed by atoms with Crippen LogP contribution in [0.5, 0.6) is 5.75 Å². The lowest BCUT2D eigenvalue weighted by Crippen LogP contribution is -2.33. The Morgan fingerprint density at radius 3 is 2.76 bits per heavy atom. The van der Waals surface area contributed by atoms with Gasteiger partial charge in [-0.05, 0) is 36.4 Å². The first-order chi connectivity index (χ1) is 14.1. The molecule has 1 aromatic heterocycles. The predicted octanol–water partition coefficient (Wildman–Crippen LogP) is 4.38. The molecule has 29 heavy (non-hydrogen) atoms. The van der Waals surface area contributed by atoms with Gasteiger partial charge < -0.3 is 20.1 Å². The zero-order valence-corrected chi connectivity index (χ0v) is 16.6. The SMILES string of the molecule is COc1ccc(Nc2c(N3CCSCC3)cnc3ccc(F)cc23)c(C(=O)O)c1. The van der Waals surface area contributed by atoms with Gasteiger partial charge in [-0.1, -0.05) is 0 Å². The van der Waals surface area contributed by atoms with Crippen molar-refractivity contribution < 1.29 is 19.0 Å². The Kier molecular flexibility index (Phi) is 5.44. The van der Waals surface area contributed by atoms with E-state index in [9.17, 15) is 14.3 Å². The smallest absolute Gasteiger partial charge is 0.337 e. The summed E-state index contributed by atoms with van der Waals surface area (Å²) in [6.07, 6.45) is 1.77. The van der Waals surface area contributed by atoms with E-state index in [1.165, 1.54) is 25.3 Å². The van der Waals surface area contributed by atoms with Gasteiger partial charge in [0.1, 0.15) is 11.6 Å². The lowest BCUT2D eigenvalue weighted by molar-refractivity contribution is 0.0697. The van der Waals surface area contributed by atoms with Crippen LogP contribution in [0.15, 0.2) is 42.6 Å². The van der Waals surface area contributed by atoms with E-state index in [-0.39, 0.29) is 11.4 Å². The molecule has 2 aromatic carbocycles. The van der Waals surface area contributed by atoms with Crippen molar-refractivity contribution in [3.8, 4) is 5.75 Å². The molecule has 6 nitrogen and oxygen atoms in total. The number of nitrogens with zero attached hydrogens (tertiary/aromatic N) is 2. The van der Waals surface area contributed by atoms with Crippen molar-refractivity contribution in [2.24, 2.45) is 0 Å². The molecule has 0 amide bonds. The molecule has 0 atom stereocenters. The number of thioether (sulfide) groups is 1. The third-order valence-corrected chi connectivity index (χ3v) is 5.82. The van der Waals surface area contributed by atoms with E-state index in [1.54, 1.807) is 24.4 Å². The summed E-state index contributed by atoms with van der Waals surface area (Å²) in [5, 5.41) is 13.5. The first-order valence-corrected chi connectivity index (χ1v) is 10.3. The second kappa shape index (κ2) is 8.16. The molecule has 1 aliphatic heterocycles. The number of aromatic nitrogens is 1. The van der Waals surface area contributed by atoms with Gasteiger partial charge in [0.05, 0.1) is 41.4 Å². The lowest BCUT2D eigenvalue weighted by atomic mass is 10.1. The average Bonchev–Trinajstić information content (AvgIpc) is 2.74. The van der Waals surface area contributed by atoms with Gasteiger partial charge in [0.2, 0.25) is 0 Å². The van der Waals surface area contributed by atoms with Crippen molar-refractivity contribution in [1.29, 1.82) is 0 Å². The summed E-state index contributed by atoms with van der Waals surface area (Å²) in [6.45, 7) is 1.69. The molecular formula is C21H20FN3O3S. The number of benzene rings is 2. The Morgan fingerprint density at radius 1 is 1.24 bits per heavy atom. The van der Waals surface area contributed by atoms with E-state index in [2.05, 4.69) is 15.2 Å². The van der Waals surface area contributed by atoms with Crippen molar-refractivity contribution >= 4 is 45.7 Å². The molecule has 8 heteroatoms. The molecule has 0 radical (unpaired) electrons. The topological polar surface area (TPSA) is 74.7 Å². The van der Waals surface area contributed by atoms with Gasteiger partial charge in [0.25, 0.3) is 0 Å². The first-order valence-electron chi connectivity index (χ1n) is 9.16. The molecule has 150 valence electrons. The fourth-order valence-electron chi connectivity index (χ4n) is 3.40. The van der Waals surface area contributed by atoms with E-state index >= 15 is 0 Å². The van der Waals surface area contributed by atoms with Crippen LogP contribution in [0.2, 0.25) is 0 Å². The molecule has 3 aromatic rings. The van der Waals surface area contributed by atoms with Gasteiger partial charge in [-0.2, -0.15) is 11.8 Å². The van der Waals surface area contributed by atoms with Gasteiger partial charge in [0.15, 0.2) is 0 Å². The molecule has 0 saturated carbocycles. The van der Waals surface area contributed by atoms with Crippen LogP contribution in [0.1, 0.15) is 10.4 Å². The minimum atomic E-state index is -1.08. The monoisotopic (exact) mass is 413 g/mol. The molecule has 0 bridgehead atoms. The molecule has 2 heterocycles. The van der Waals surface area contributed by atoms with E-state index in [4.69, 9.17) is 4.74 Å². The molecule has 0 aliphatic carbocycles. The summed E-state index contributed by atoms with van der Waals surface area (Å²) in [4.78, 5) is 18.5. The largest absolute Gasteiger partial charge is 0.497 e. The van der Waals surface area contributed by atoms with E-state index < -0.39 is 5.97 Å². The second-order valence-corrected chi connectivity index (χ2v) is 7.85. The number of aromatic carboxylic acids is 1. The minimum absolute atomic E-state index is 0.0749. The number of carboxylic acids is 1. The van der Waals surface area contributed by atoms with Crippen LogP contribution < -0.4 is 15.0 Å². The highest BCUT2D eigenvalue weighted by Crippen LogP contribution is 2.37. The molecule has 0 spiro atoms. The van der Waals surface area contributed by atoms with Crippen molar-refractivity contribution in [2.75, 3.05) is 41.9 Å². The van der Waals surface area contributed by atoms with Gasteiger partial charge in [-0.3, -0.25) is 4.98 Å². The molecule has 1 fully saturated rings. The molecule has 0 unspecified atom stereocenters. The Bertz CT molecular complexity index is 1070. The van der Waals surface area contributed by atoms with Crippen molar-refractivity contribution in [1.82, 2.24) is 4.98 Å².